The second kappa shape index (κ2) is 12.5. The average molecular weight is 634 g/mol. The first-order valence-electron chi connectivity index (χ1n) is 15.5. The molecular formula is C32H36FN7O6. The third-order valence-electron chi connectivity index (χ3n) is 9.59. The zero-order chi connectivity index (χ0) is 31.9. The van der Waals surface area contributed by atoms with Crippen molar-refractivity contribution in [3.05, 3.63) is 93.4 Å². The van der Waals surface area contributed by atoms with E-state index < -0.39 is 35.5 Å². The lowest BCUT2D eigenvalue weighted by Crippen LogP contribution is -2.55. The maximum absolute atomic E-state index is 13.8. The van der Waals surface area contributed by atoms with Gasteiger partial charge in [-0.2, -0.15) is 4.39 Å². The van der Waals surface area contributed by atoms with E-state index in [9.17, 15) is 19.1 Å². The number of pyridine rings is 1. The van der Waals surface area contributed by atoms with E-state index in [2.05, 4.69) is 32.9 Å². The molecule has 8 atom stereocenters. The molecule has 13 nitrogen and oxygen atoms in total. The van der Waals surface area contributed by atoms with Crippen LogP contribution in [0, 0.1) is 17.7 Å². The van der Waals surface area contributed by atoms with E-state index in [0.717, 1.165) is 58.9 Å². The number of piperidine rings is 3. The zero-order valence-corrected chi connectivity index (χ0v) is 25.4. The van der Waals surface area contributed by atoms with Gasteiger partial charge < -0.3 is 19.3 Å². The van der Waals surface area contributed by atoms with E-state index in [4.69, 9.17) is 14.2 Å². The van der Waals surface area contributed by atoms with Crippen LogP contribution < -0.4 is 16.0 Å². The SMILES string of the molecule is C=CC1C[N@@]2CCC1C[C@H]2[C@H](OCc1cn(CC2OC(n3cc(F)c(=O)[nH]c3=O)CC2O)nn1)c1ccnc2ccc(OC)cc12. The molecule has 1 aromatic carbocycles. The van der Waals surface area contributed by atoms with Gasteiger partial charge in [0, 0.05) is 30.6 Å². The number of nitrogens with one attached hydrogen (secondary N) is 1. The van der Waals surface area contributed by atoms with E-state index >= 15 is 0 Å². The first kappa shape index (κ1) is 30.4. The second-order valence-corrected chi connectivity index (χ2v) is 12.3. The summed E-state index contributed by atoms with van der Waals surface area (Å²) in [5.74, 6) is 0.647. The van der Waals surface area contributed by atoms with E-state index in [0.29, 0.717) is 17.5 Å². The van der Waals surface area contributed by atoms with E-state index in [1.807, 2.05) is 35.4 Å². The van der Waals surface area contributed by atoms with Gasteiger partial charge in [0.15, 0.2) is 0 Å². The summed E-state index contributed by atoms with van der Waals surface area (Å²) in [5.41, 5.74) is 0.567. The van der Waals surface area contributed by atoms with Crippen LogP contribution in [0.2, 0.25) is 0 Å². The van der Waals surface area contributed by atoms with Crippen molar-refractivity contribution in [3.8, 4) is 5.75 Å². The first-order chi connectivity index (χ1) is 22.3. The predicted octanol–water partition coefficient (Wildman–Crippen LogP) is 2.33. The molecule has 4 saturated heterocycles. The number of halogens is 1. The Morgan fingerprint density at radius 3 is 2.91 bits per heavy atom. The van der Waals surface area contributed by atoms with E-state index in [1.165, 1.54) is 0 Å². The molecule has 0 saturated carbocycles. The number of H-pyrrole nitrogens is 1. The van der Waals surface area contributed by atoms with Crippen molar-refractivity contribution in [2.75, 3.05) is 20.2 Å². The second-order valence-electron chi connectivity index (χ2n) is 12.3. The van der Waals surface area contributed by atoms with Gasteiger partial charge in [0.05, 0.1) is 50.4 Å². The van der Waals surface area contributed by atoms with Crippen molar-refractivity contribution >= 4 is 10.9 Å². The zero-order valence-electron chi connectivity index (χ0n) is 25.4. The standard InChI is InChI=1S/C32H36FN7O6/c1-3-18-13-38-9-7-19(18)10-26(38)30(22-6-8-34-25-5-4-21(44-2)11-23(22)25)45-17-20-14-39(37-36-20)16-28-27(41)12-29(46-28)40-15-24(33)31(42)35-32(40)43/h3-6,8,11,14-15,18-19,26-30,41H,1,7,9-10,12-13,16-17H2,2H3,(H,35,42,43)/t18?,19?,26-,27?,28?,29?,30+/m0/s1. The summed E-state index contributed by atoms with van der Waals surface area (Å²) in [6, 6.07) is 8.03. The fourth-order valence-electron chi connectivity index (χ4n) is 7.20. The van der Waals surface area contributed by atoms with Crippen LogP contribution >= 0.6 is 0 Å². The van der Waals surface area contributed by atoms with Gasteiger partial charge in [-0.3, -0.25) is 24.2 Å². The number of aliphatic hydroxyl groups is 1. The number of benzene rings is 1. The molecule has 2 bridgehead atoms. The molecule has 4 aliphatic rings. The molecule has 3 aromatic heterocycles. The molecule has 0 aliphatic carbocycles. The van der Waals surface area contributed by atoms with Gasteiger partial charge in [0.2, 0.25) is 5.82 Å². The summed E-state index contributed by atoms with van der Waals surface area (Å²) < 4.78 is 34.5. The van der Waals surface area contributed by atoms with Gasteiger partial charge in [-0.05, 0) is 61.1 Å². The number of fused-ring (bicyclic) bond motifs is 4. The van der Waals surface area contributed by atoms with Crippen LogP contribution in [0.5, 0.6) is 5.75 Å². The molecule has 7 heterocycles. The van der Waals surface area contributed by atoms with Crippen LogP contribution in [-0.4, -0.2) is 78.0 Å². The molecule has 4 aromatic rings. The van der Waals surface area contributed by atoms with Gasteiger partial charge in [0.25, 0.3) is 5.56 Å². The highest BCUT2D eigenvalue weighted by Gasteiger charge is 2.43. The highest BCUT2D eigenvalue weighted by molar-refractivity contribution is 5.84. The lowest BCUT2D eigenvalue weighted by molar-refractivity contribution is -0.0809. The first-order valence-corrected chi connectivity index (χ1v) is 15.5. The number of aromatic amines is 1. The Hall–Kier alpha value is -4.24. The molecule has 46 heavy (non-hydrogen) atoms. The minimum atomic E-state index is -1.11. The Bertz CT molecular complexity index is 1860. The number of nitrogens with zero attached hydrogens (tertiary/aromatic N) is 6. The monoisotopic (exact) mass is 633 g/mol. The van der Waals surface area contributed by atoms with E-state index in [-0.39, 0.29) is 31.7 Å². The summed E-state index contributed by atoms with van der Waals surface area (Å²) in [4.78, 5) is 32.6. The fourth-order valence-corrected chi connectivity index (χ4v) is 7.20. The highest BCUT2D eigenvalue weighted by Crippen LogP contribution is 2.44. The predicted molar refractivity (Wildman–Crippen MR) is 163 cm³/mol. The maximum atomic E-state index is 13.8. The minimum absolute atomic E-state index is 0.0403. The molecule has 4 fully saturated rings. The number of methoxy groups -OCH3 is 1. The Kier molecular flexibility index (Phi) is 8.27. The van der Waals surface area contributed by atoms with Crippen LogP contribution in [0.1, 0.15) is 42.9 Å². The molecular weight excluding hydrogens is 597 g/mol. The van der Waals surface area contributed by atoms with Gasteiger partial charge in [-0.25, -0.2) is 9.48 Å². The van der Waals surface area contributed by atoms with Gasteiger partial charge in [0.1, 0.15) is 23.8 Å². The quantitative estimate of drug-likeness (QED) is 0.249. The molecule has 5 unspecified atom stereocenters. The van der Waals surface area contributed by atoms with Crippen molar-refractivity contribution in [1.29, 1.82) is 0 Å². The fraction of sp³-hybridized carbons (Fsp3) is 0.469. The summed E-state index contributed by atoms with van der Waals surface area (Å²) in [6.07, 6.45) is 5.69. The topological polar surface area (TPSA) is 150 Å². The van der Waals surface area contributed by atoms with Crippen molar-refractivity contribution in [3.63, 3.8) is 0 Å². The van der Waals surface area contributed by atoms with Crippen molar-refractivity contribution < 1.29 is 23.7 Å². The largest absolute Gasteiger partial charge is 0.497 e. The van der Waals surface area contributed by atoms with Gasteiger partial charge in [-0.15, -0.1) is 11.7 Å². The molecule has 2 N–H and O–H groups in total. The summed E-state index contributed by atoms with van der Waals surface area (Å²) in [7, 11) is 1.65. The van der Waals surface area contributed by atoms with Gasteiger partial charge >= 0.3 is 5.69 Å². The van der Waals surface area contributed by atoms with Crippen LogP contribution in [0.4, 0.5) is 4.39 Å². The Morgan fingerprint density at radius 2 is 2.13 bits per heavy atom. The van der Waals surface area contributed by atoms with Crippen molar-refractivity contribution in [1.82, 2.24) is 34.4 Å². The molecule has 0 radical (unpaired) electrons. The summed E-state index contributed by atoms with van der Waals surface area (Å²) in [5, 5.41) is 20.2. The van der Waals surface area contributed by atoms with Crippen LogP contribution in [0.3, 0.4) is 0 Å². The lowest BCUT2D eigenvalue weighted by atomic mass is 9.73. The third kappa shape index (κ3) is 5.77. The minimum Gasteiger partial charge on any atom is -0.497 e. The highest BCUT2D eigenvalue weighted by atomic mass is 19.1. The molecule has 8 rings (SSSR count). The Balaban J connectivity index is 1.09. The molecule has 0 spiro atoms. The van der Waals surface area contributed by atoms with Crippen LogP contribution in [0.15, 0.2) is 65.1 Å². The van der Waals surface area contributed by atoms with E-state index in [1.54, 1.807) is 18.0 Å². The number of ether oxygens (including phenoxy) is 3. The average Bonchev–Trinajstić information content (AvgIpc) is 3.68. The Labute approximate surface area is 263 Å². The number of rotatable bonds is 10. The van der Waals surface area contributed by atoms with Crippen LogP contribution in [0.25, 0.3) is 10.9 Å². The lowest BCUT2D eigenvalue weighted by Gasteiger charge is -2.51. The Morgan fingerprint density at radius 1 is 1.26 bits per heavy atom. The summed E-state index contributed by atoms with van der Waals surface area (Å²) >= 11 is 0. The number of hydrogen-bond acceptors (Lipinski definition) is 10. The molecule has 0 amide bonds. The smallest absolute Gasteiger partial charge is 0.330 e. The molecule has 242 valence electrons. The normalized spacial score (nSPS) is 28.0. The summed E-state index contributed by atoms with van der Waals surface area (Å²) in [6.45, 7) is 6.37. The number of hydrogen-bond donors (Lipinski definition) is 2. The molecule has 14 heteroatoms. The van der Waals surface area contributed by atoms with Crippen LogP contribution in [-0.2, 0) is 22.6 Å². The number of aliphatic hydroxyl groups excluding tert-OH is 1. The number of aromatic nitrogens is 6. The van der Waals surface area contributed by atoms with Gasteiger partial charge in [-0.1, -0.05) is 11.3 Å². The third-order valence-corrected chi connectivity index (χ3v) is 9.59. The molecule has 4 aliphatic heterocycles. The van der Waals surface area contributed by atoms with Crippen molar-refractivity contribution in [2.24, 2.45) is 11.8 Å². The maximum Gasteiger partial charge on any atom is 0.330 e. The van der Waals surface area contributed by atoms with Crippen molar-refractivity contribution in [2.45, 2.75) is 63.0 Å².